The zero-order valence-electron chi connectivity index (χ0n) is 16.4. The molecule has 4 rings (SSSR count). The normalized spacial score (nSPS) is 17.9. The van der Waals surface area contributed by atoms with Crippen LogP contribution in [0.1, 0.15) is 54.3 Å². The fourth-order valence-electron chi connectivity index (χ4n) is 3.52. The number of aromatic nitrogens is 1. The molecule has 2 aromatic heterocycles. The molecule has 1 fully saturated rings. The van der Waals surface area contributed by atoms with Crippen LogP contribution in [0, 0.1) is 0 Å². The molecule has 1 saturated heterocycles. The largest absolute Gasteiger partial charge is 0.504 e. The zero-order valence-corrected chi connectivity index (χ0v) is 16.4. The molecule has 2 aromatic rings. The van der Waals surface area contributed by atoms with Crippen molar-refractivity contribution in [2.75, 3.05) is 25.1 Å². The Balaban J connectivity index is 1.69. The molecule has 2 aliphatic rings. The van der Waals surface area contributed by atoms with Crippen LogP contribution < -0.4 is 5.43 Å². The highest BCUT2D eigenvalue weighted by atomic mass is 16.5. The molecule has 0 amide bonds. The van der Waals surface area contributed by atoms with Crippen LogP contribution in [0.15, 0.2) is 27.7 Å². The molecule has 0 radical (unpaired) electrons. The fourth-order valence-corrected chi connectivity index (χ4v) is 3.52. The van der Waals surface area contributed by atoms with Crippen molar-refractivity contribution in [3.05, 3.63) is 35.2 Å². The lowest BCUT2D eigenvalue weighted by atomic mass is 10.1. The van der Waals surface area contributed by atoms with Gasteiger partial charge in [0.25, 0.3) is 0 Å². The van der Waals surface area contributed by atoms with Crippen LogP contribution in [0.4, 0.5) is 11.7 Å². The van der Waals surface area contributed by atoms with Crippen LogP contribution in [0.3, 0.4) is 0 Å². The number of hydrazine groups is 1. The van der Waals surface area contributed by atoms with Crippen LogP contribution in [0.5, 0.6) is 5.75 Å². The number of rotatable bonds is 5. The van der Waals surface area contributed by atoms with Crippen LogP contribution in [0.2, 0.25) is 0 Å². The Morgan fingerprint density at radius 1 is 1.34 bits per heavy atom. The number of esters is 1. The Morgan fingerprint density at radius 2 is 2.14 bits per heavy atom. The van der Waals surface area contributed by atoms with E-state index in [2.05, 4.69) is 15.4 Å². The molecule has 0 bridgehead atoms. The minimum absolute atomic E-state index is 0.00397. The summed E-state index contributed by atoms with van der Waals surface area (Å²) in [5, 5.41) is 12.8. The molecule has 8 nitrogen and oxygen atoms in total. The summed E-state index contributed by atoms with van der Waals surface area (Å²) in [6.45, 7) is 3.60. The summed E-state index contributed by atoms with van der Waals surface area (Å²) in [6, 6.07) is 3.71. The van der Waals surface area contributed by atoms with Crippen molar-refractivity contribution in [2.45, 2.75) is 32.6 Å². The molecule has 0 atom stereocenters. The maximum atomic E-state index is 12.5. The summed E-state index contributed by atoms with van der Waals surface area (Å²) in [4.78, 5) is 21.0. The van der Waals surface area contributed by atoms with E-state index in [-0.39, 0.29) is 29.6 Å². The third kappa shape index (κ3) is 4.02. The number of anilines is 1. The van der Waals surface area contributed by atoms with E-state index in [0.29, 0.717) is 5.82 Å². The zero-order chi connectivity index (χ0) is 20.2. The minimum atomic E-state index is -0.627. The number of nitrogens with zero attached hydrogens (tertiary/aromatic N) is 3. The molecule has 0 aliphatic carbocycles. The molecule has 29 heavy (non-hydrogen) atoms. The van der Waals surface area contributed by atoms with E-state index in [0.717, 1.165) is 37.1 Å². The standard InChI is InChI=1S/C21H24N4O4/c1-2-28-21(27)17-18(26)16(12-14-13-23-19-15(14)8-7-9-22-19)29-20(17)24-25-10-5-3-4-6-11-25/h7-9,12-13,24,26H,2-6,10-11H2,1H3. The molecule has 0 aromatic carbocycles. The van der Waals surface area contributed by atoms with Gasteiger partial charge < -0.3 is 14.3 Å². The van der Waals surface area contributed by atoms with Gasteiger partial charge in [-0.2, -0.15) is 0 Å². The predicted molar refractivity (Wildman–Crippen MR) is 110 cm³/mol. The molecule has 0 unspecified atom stereocenters. The third-order valence-corrected chi connectivity index (χ3v) is 4.96. The Kier molecular flexibility index (Phi) is 5.62. The van der Waals surface area contributed by atoms with Gasteiger partial charge in [-0.3, -0.25) is 5.43 Å². The Bertz CT molecular complexity index is 956. The van der Waals surface area contributed by atoms with Crippen molar-refractivity contribution in [1.82, 2.24) is 9.99 Å². The summed E-state index contributed by atoms with van der Waals surface area (Å²) in [5.74, 6) is 0.0924. The number of carbonyl (C=O) groups excluding carboxylic acids is 1. The number of ether oxygens (including phenoxy) is 1. The average molecular weight is 396 g/mol. The Labute approximate surface area is 168 Å². The third-order valence-electron chi connectivity index (χ3n) is 4.96. The second kappa shape index (κ2) is 8.48. The maximum absolute atomic E-state index is 12.5. The second-order valence-corrected chi connectivity index (χ2v) is 6.99. The van der Waals surface area contributed by atoms with Crippen LogP contribution in [-0.4, -0.2) is 47.0 Å². The van der Waals surface area contributed by atoms with E-state index in [1.54, 1.807) is 25.4 Å². The quantitative estimate of drug-likeness (QED) is 0.736. The summed E-state index contributed by atoms with van der Waals surface area (Å²) in [7, 11) is 0. The monoisotopic (exact) mass is 396 g/mol. The van der Waals surface area contributed by atoms with E-state index in [4.69, 9.17) is 9.15 Å². The topological polar surface area (TPSA) is 100 Å². The van der Waals surface area contributed by atoms with E-state index < -0.39 is 5.97 Å². The first kappa shape index (κ1) is 19.2. The van der Waals surface area contributed by atoms with Gasteiger partial charge in [0.1, 0.15) is 0 Å². The average Bonchev–Trinajstić information content (AvgIpc) is 3.13. The number of fused-ring (bicyclic) bond motifs is 1. The summed E-state index contributed by atoms with van der Waals surface area (Å²) >= 11 is 0. The van der Waals surface area contributed by atoms with Crippen molar-refractivity contribution in [1.29, 1.82) is 0 Å². The summed E-state index contributed by atoms with van der Waals surface area (Å²) in [6.07, 6.45) is 9.46. The highest BCUT2D eigenvalue weighted by Crippen LogP contribution is 2.38. The second-order valence-electron chi connectivity index (χ2n) is 6.99. The SMILES string of the molecule is CCOC(=O)c1c(NN2CCCCCC2)oc(C=C2C=Nc3ncccc32)c1O. The number of hydrogen-bond donors (Lipinski definition) is 2. The molecule has 2 aliphatic heterocycles. The first-order chi connectivity index (χ1) is 14.2. The fraction of sp³-hybridized carbons (Fsp3) is 0.381. The summed E-state index contributed by atoms with van der Waals surface area (Å²) < 4.78 is 11.0. The van der Waals surface area contributed by atoms with Gasteiger partial charge in [0.05, 0.1) is 6.61 Å². The highest BCUT2D eigenvalue weighted by Gasteiger charge is 2.28. The van der Waals surface area contributed by atoms with Crippen LogP contribution in [-0.2, 0) is 4.74 Å². The summed E-state index contributed by atoms with van der Waals surface area (Å²) in [5.41, 5.74) is 4.75. The first-order valence-electron chi connectivity index (χ1n) is 9.93. The highest BCUT2D eigenvalue weighted by molar-refractivity contribution is 6.21. The first-order valence-corrected chi connectivity index (χ1v) is 9.93. The number of pyridine rings is 1. The lowest BCUT2D eigenvalue weighted by Crippen LogP contribution is -2.31. The predicted octanol–water partition coefficient (Wildman–Crippen LogP) is 4.02. The number of aromatic hydroxyl groups is 1. The van der Waals surface area contributed by atoms with Crippen molar-refractivity contribution in [3.8, 4) is 5.75 Å². The van der Waals surface area contributed by atoms with Crippen molar-refractivity contribution in [3.63, 3.8) is 0 Å². The lowest BCUT2D eigenvalue weighted by molar-refractivity contribution is 0.0523. The molecular formula is C21H24N4O4. The number of hydrogen-bond acceptors (Lipinski definition) is 8. The number of allylic oxidation sites excluding steroid dienone is 1. The van der Waals surface area contributed by atoms with Gasteiger partial charge >= 0.3 is 5.97 Å². The van der Waals surface area contributed by atoms with E-state index >= 15 is 0 Å². The molecule has 2 N–H and O–H groups in total. The van der Waals surface area contributed by atoms with Gasteiger partial charge in [0, 0.05) is 36.6 Å². The number of aliphatic imine (C=N–C) groups is 1. The van der Waals surface area contributed by atoms with Gasteiger partial charge in [-0.25, -0.2) is 19.8 Å². The molecular weight excluding hydrogens is 372 g/mol. The Morgan fingerprint density at radius 3 is 2.90 bits per heavy atom. The maximum Gasteiger partial charge on any atom is 0.347 e. The number of carbonyl (C=O) groups is 1. The number of nitrogens with one attached hydrogen (secondary N) is 1. The molecule has 4 heterocycles. The van der Waals surface area contributed by atoms with Crippen LogP contribution >= 0.6 is 0 Å². The van der Waals surface area contributed by atoms with E-state index in [1.165, 1.54) is 12.8 Å². The van der Waals surface area contributed by atoms with Crippen molar-refractivity contribution >= 4 is 35.5 Å². The van der Waals surface area contributed by atoms with Crippen molar-refractivity contribution in [2.24, 2.45) is 4.99 Å². The van der Waals surface area contributed by atoms with Gasteiger partial charge in [-0.1, -0.05) is 12.8 Å². The number of furan rings is 1. The molecule has 8 heteroatoms. The van der Waals surface area contributed by atoms with E-state index in [9.17, 15) is 9.90 Å². The van der Waals surface area contributed by atoms with Gasteiger partial charge in [0.15, 0.2) is 22.9 Å². The van der Waals surface area contributed by atoms with E-state index in [1.807, 2.05) is 17.1 Å². The minimum Gasteiger partial charge on any atom is -0.504 e. The smallest absolute Gasteiger partial charge is 0.347 e. The lowest BCUT2D eigenvalue weighted by Gasteiger charge is -2.20. The van der Waals surface area contributed by atoms with Crippen LogP contribution in [0.25, 0.3) is 11.6 Å². The van der Waals surface area contributed by atoms with Gasteiger partial charge in [-0.15, -0.1) is 0 Å². The molecule has 0 spiro atoms. The molecule has 0 saturated carbocycles. The van der Waals surface area contributed by atoms with Gasteiger partial charge in [0.2, 0.25) is 5.88 Å². The Hall–Kier alpha value is -3.13. The molecule has 152 valence electrons. The van der Waals surface area contributed by atoms with Crippen molar-refractivity contribution < 1.29 is 19.1 Å². The van der Waals surface area contributed by atoms with Gasteiger partial charge in [-0.05, 0) is 38.0 Å².